The highest BCUT2D eigenvalue weighted by molar-refractivity contribution is 5.52. The Morgan fingerprint density at radius 1 is 0.478 bits per heavy atom. The summed E-state index contributed by atoms with van der Waals surface area (Å²) in [5.41, 5.74) is 10.2. The fourth-order valence-corrected chi connectivity index (χ4v) is 4.20. The van der Waals surface area contributed by atoms with Gasteiger partial charge in [-0.1, -0.05) is 60.3 Å². The summed E-state index contributed by atoms with van der Waals surface area (Å²) in [5.74, 6) is 0. The van der Waals surface area contributed by atoms with Crippen molar-refractivity contribution in [2.24, 2.45) is 0 Å². The molecule has 0 saturated carbocycles. The molecule has 23 heavy (non-hydrogen) atoms. The van der Waals surface area contributed by atoms with E-state index >= 15 is 0 Å². The quantitative estimate of drug-likeness (QED) is 0.380. The fraction of sp³-hybridized carbons (Fsp3) is 0.739. The molecule has 1 aromatic carbocycles. The summed E-state index contributed by atoms with van der Waals surface area (Å²) in [6.45, 7) is 14.1. The summed E-state index contributed by atoms with van der Waals surface area (Å²) >= 11 is 0. The molecule has 0 unspecified atom stereocenters. The first-order chi connectivity index (χ1) is 11.2. The van der Waals surface area contributed by atoms with Crippen LogP contribution in [0, 0.1) is 6.92 Å². The van der Waals surface area contributed by atoms with Crippen LogP contribution in [0.15, 0.2) is 0 Å². The van der Waals surface area contributed by atoms with Crippen LogP contribution in [-0.4, -0.2) is 0 Å². The van der Waals surface area contributed by atoms with Crippen LogP contribution in [0.4, 0.5) is 0 Å². The molecule has 0 aliphatic rings. The van der Waals surface area contributed by atoms with Gasteiger partial charge in [0, 0.05) is 0 Å². The maximum Gasteiger partial charge on any atom is -0.0273 e. The highest BCUT2D eigenvalue weighted by Crippen LogP contribution is 2.32. The molecule has 0 nitrogen and oxygen atoms in total. The largest absolute Gasteiger partial charge is 0.0654 e. The van der Waals surface area contributed by atoms with E-state index in [-0.39, 0.29) is 0 Å². The van der Waals surface area contributed by atoms with E-state index in [1.807, 2.05) is 0 Å². The van der Waals surface area contributed by atoms with Crippen LogP contribution in [0.25, 0.3) is 0 Å². The van der Waals surface area contributed by atoms with Gasteiger partial charge in [-0.2, -0.15) is 0 Å². The molecule has 0 spiro atoms. The topological polar surface area (TPSA) is 0 Å². The third-order valence-corrected chi connectivity index (χ3v) is 5.38. The Bertz CT molecular complexity index is 468. The predicted octanol–water partition coefficient (Wildman–Crippen LogP) is 7.15. The van der Waals surface area contributed by atoms with E-state index in [2.05, 4.69) is 41.5 Å². The third-order valence-electron chi connectivity index (χ3n) is 5.38. The molecular weight excluding hydrogens is 276 g/mol. The standard InChI is InChI=1S/C23H40/c1-7-12-14-17-22-20(11-5)18(6)19(10-4)21(15-9-3)23(22)16-13-8-2/h7-17H2,1-6H3. The summed E-state index contributed by atoms with van der Waals surface area (Å²) in [6, 6.07) is 0. The minimum Gasteiger partial charge on any atom is -0.0654 e. The van der Waals surface area contributed by atoms with E-state index < -0.39 is 0 Å². The summed E-state index contributed by atoms with van der Waals surface area (Å²) in [4.78, 5) is 0. The maximum absolute atomic E-state index is 2.39. The highest BCUT2D eigenvalue weighted by Gasteiger charge is 2.19. The van der Waals surface area contributed by atoms with Crippen LogP contribution in [0.3, 0.4) is 0 Å². The van der Waals surface area contributed by atoms with Gasteiger partial charge in [0.05, 0.1) is 0 Å². The van der Waals surface area contributed by atoms with Gasteiger partial charge >= 0.3 is 0 Å². The molecule has 0 fully saturated rings. The van der Waals surface area contributed by atoms with E-state index in [4.69, 9.17) is 0 Å². The van der Waals surface area contributed by atoms with Gasteiger partial charge in [-0.15, -0.1) is 0 Å². The summed E-state index contributed by atoms with van der Waals surface area (Å²) in [7, 11) is 0. The van der Waals surface area contributed by atoms with Crippen molar-refractivity contribution in [3.05, 3.63) is 33.4 Å². The lowest BCUT2D eigenvalue weighted by molar-refractivity contribution is 0.696. The minimum absolute atomic E-state index is 1.20. The molecule has 0 bridgehead atoms. The molecule has 0 atom stereocenters. The molecule has 1 rings (SSSR count). The molecule has 0 amide bonds. The van der Waals surface area contributed by atoms with Crippen LogP contribution in [0.5, 0.6) is 0 Å². The average molecular weight is 317 g/mol. The van der Waals surface area contributed by atoms with E-state index in [0.29, 0.717) is 0 Å². The Hall–Kier alpha value is -0.780. The van der Waals surface area contributed by atoms with Crippen molar-refractivity contribution in [2.75, 3.05) is 0 Å². The molecule has 0 N–H and O–H groups in total. The van der Waals surface area contributed by atoms with Crippen LogP contribution in [0.2, 0.25) is 0 Å². The van der Waals surface area contributed by atoms with Crippen LogP contribution >= 0.6 is 0 Å². The highest BCUT2D eigenvalue weighted by atomic mass is 14.2. The maximum atomic E-state index is 2.39. The van der Waals surface area contributed by atoms with Gasteiger partial charge < -0.3 is 0 Å². The third kappa shape index (κ3) is 5.10. The second-order valence-corrected chi connectivity index (χ2v) is 7.04. The van der Waals surface area contributed by atoms with E-state index in [1.54, 1.807) is 33.4 Å². The Kier molecular flexibility index (Phi) is 9.60. The summed E-state index contributed by atoms with van der Waals surface area (Å²) in [6.07, 6.45) is 14.2. The number of rotatable bonds is 11. The van der Waals surface area contributed by atoms with Crippen molar-refractivity contribution >= 4 is 0 Å². The fourth-order valence-electron chi connectivity index (χ4n) is 4.20. The monoisotopic (exact) mass is 316 g/mol. The van der Waals surface area contributed by atoms with Crippen molar-refractivity contribution in [1.82, 2.24) is 0 Å². The summed E-state index contributed by atoms with van der Waals surface area (Å²) < 4.78 is 0. The van der Waals surface area contributed by atoms with Gasteiger partial charge in [0.2, 0.25) is 0 Å². The van der Waals surface area contributed by atoms with Crippen molar-refractivity contribution < 1.29 is 0 Å². The van der Waals surface area contributed by atoms with E-state index in [9.17, 15) is 0 Å². The molecule has 132 valence electrons. The Morgan fingerprint density at radius 2 is 0.957 bits per heavy atom. The average Bonchev–Trinajstić information content (AvgIpc) is 2.55. The number of unbranched alkanes of at least 4 members (excludes halogenated alkanes) is 3. The first-order valence-electron chi connectivity index (χ1n) is 10.3. The van der Waals surface area contributed by atoms with Gasteiger partial charge in [-0.3, -0.25) is 0 Å². The van der Waals surface area contributed by atoms with Crippen LogP contribution in [0.1, 0.15) is 107 Å². The molecule has 1 aromatic rings. The second-order valence-electron chi connectivity index (χ2n) is 7.04. The molecule has 0 heterocycles. The predicted molar refractivity (Wildman–Crippen MR) is 106 cm³/mol. The zero-order valence-electron chi connectivity index (χ0n) is 16.8. The zero-order valence-corrected chi connectivity index (χ0v) is 16.8. The molecule has 0 aromatic heterocycles. The van der Waals surface area contributed by atoms with Crippen molar-refractivity contribution in [3.8, 4) is 0 Å². The molecular formula is C23H40. The van der Waals surface area contributed by atoms with E-state index in [1.165, 1.54) is 70.6 Å². The van der Waals surface area contributed by atoms with Crippen molar-refractivity contribution in [3.63, 3.8) is 0 Å². The lowest BCUT2D eigenvalue weighted by Crippen LogP contribution is -2.12. The Balaban J connectivity index is 3.45. The minimum atomic E-state index is 1.20. The van der Waals surface area contributed by atoms with Crippen LogP contribution in [-0.2, 0) is 32.1 Å². The van der Waals surface area contributed by atoms with Gasteiger partial charge in [0.15, 0.2) is 0 Å². The first-order valence-corrected chi connectivity index (χ1v) is 10.3. The Labute approximate surface area is 146 Å². The van der Waals surface area contributed by atoms with Gasteiger partial charge in [0.1, 0.15) is 0 Å². The van der Waals surface area contributed by atoms with Crippen LogP contribution < -0.4 is 0 Å². The van der Waals surface area contributed by atoms with E-state index in [0.717, 1.165) is 0 Å². The second kappa shape index (κ2) is 10.9. The number of hydrogen-bond acceptors (Lipinski definition) is 0. The molecule has 0 aliphatic heterocycles. The van der Waals surface area contributed by atoms with Gasteiger partial charge in [-0.05, 0) is 85.3 Å². The number of benzene rings is 1. The number of hydrogen-bond donors (Lipinski definition) is 0. The lowest BCUT2D eigenvalue weighted by atomic mass is 9.80. The summed E-state index contributed by atoms with van der Waals surface area (Å²) in [5, 5.41) is 0. The molecule has 0 saturated heterocycles. The smallest absolute Gasteiger partial charge is 0.0273 e. The lowest BCUT2D eigenvalue weighted by Gasteiger charge is -2.25. The van der Waals surface area contributed by atoms with Crippen molar-refractivity contribution in [1.29, 1.82) is 0 Å². The van der Waals surface area contributed by atoms with Crippen molar-refractivity contribution in [2.45, 2.75) is 112 Å². The molecule has 0 radical (unpaired) electrons. The zero-order chi connectivity index (χ0) is 17.2. The van der Waals surface area contributed by atoms with Gasteiger partial charge in [0.25, 0.3) is 0 Å². The van der Waals surface area contributed by atoms with Gasteiger partial charge in [-0.25, -0.2) is 0 Å². The Morgan fingerprint density at radius 3 is 1.43 bits per heavy atom. The normalized spacial score (nSPS) is 11.2. The molecule has 0 heteroatoms. The first kappa shape index (κ1) is 20.3. The SMILES string of the molecule is CCCCCc1c(CC)c(C)c(CC)c(CCC)c1CCCC. The molecule has 0 aliphatic carbocycles.